The van der Waals surface area contributed by atoms with Crippen LogP contribution < -0.4 is 0 Å². The van der Waals surface area contributed by atoms with E-state index < -0.39 is 12.0 Å². The lowest BCUT2D eigenvalue weighted by molar-refractivity contribution is -0.200. The highest BCUT2D eigenvalue weighted by atomic mass is 35.5. The highest BCUT2D eigenvalue weighted by Gasteiger charge is 2.56. The molecule has 0 saturated carbocycles. The molecule has 2 aromatic heterocycles. The predicted octanol–water partition coefficient (Wildman–Crippen LogP) is 1.54. The van der Waals surface area contributed by atoms with E-state index in [0.717, 1.165) is 0 Å². The third-order valence-electron chi connectivity index (χ3n) is 4.04. The Morgan fingerprint density at radius 2 is 2.04 bits per heavy atom. The molecule has 0 amide bonds. The van der Waals surface area contributed by atoms with Crippen LogP contribution in [0.4, 0.5) is 0 Å². The molecule has 4 heterocycles. The summed E-state index contributed by atoms with van der Waals surface area (Å²) in [5.74, 6) is -0.674. The van der Waals surface area contributed by atoms with Crippen molar-refractivity contribution in [2.75, 3.05) is 13.7 Å². The molecular formula is C14H17ClN4O4. The summed E-state index contributed by atoms with van der Waals surface area (Å²) in [6.45, 7) is 4.19. The van der Waals surface area contributed by atoms with Gasteiger partial charge in [0.05, 0.1) is 12.9 Å². The van der Waals surface area contributed by atoms with E-state index in [-0.39, 0.29) is 18.3 Å². The number of hydrogen-bond acceptors (Lipinski definition) is 7. The van der Waals surface area contributed by atoms with Crippen molar-refractivity contribution in [3.8, 4) is 0 Å². The van der Waals surface area contributed by atoms with Crippen LogP contribution in [-0.4, -0.2) is 57.3 Å². The Kier molecular flexibility index (Phi) is 3.54. The molecule has 2 aliphatic heterocycles. The van der Waals surface area contributed by atoms with Crippen molar-refractivity contribution in [1.29, 1.82) is 0 Å². The Bertz CT molecular complexity index is 737. The van der Waals surface area contributed by atoms with E-state index in [9.17, 15) is 0 Å². The molecule has 2 aromatic rings. The summed E-state index contributed by atoms with van der Waals surface area (Å²) in [4.78, 5) is 12.5. The lowest BCUT2D eigenvalue weighted by atomic mass is 10.1. The van der Waals surface area contributed by atoms with E-state index in [1.165, 1.54) is 6.33 Å². The van der Waals surface area contributed by atoms with E-state index >= 15 is 0 Å². The van der Waals surface area contributed by atoms with Crippen LogP contribution in [0, 0.1) is 0 Å². The first-order chi connectivity index (χ1) is 11.0. The number of halogens is 1. The van der Waals surface area contributed by atoms with Gasteiger partial charge < -0.3 is 18.9 Å². The average molecular weight is 341 g/mol. The van der Waals surface area contributed by atoms with Gasteiger partial charge in [0, 0.05) is 7.11 Å². The maximum atomic E-state index is 6.10. The molecule has 2 saturated heterocycles. The summed E-state index contributed by atoms with van der Waals surface area (Å²) < 4.78 is 25.2. The van der Waals surface area contributed by atoms with Gasteiger partial charge in [0.2, 0.25) is 0 Å². The molecule has 124 valence electrons. The van der Waals surface area contributed by atoms with Crippen molar-refractivity contribution in [2.24, 2.45) is 0 Å². The molecule has 0 aromatic carbocycles. The van der Waals surface area contributed by atoms with Crippen molar-refractivity contribution in [3.63, 3.8) is 0 Å². The second kappa shape index (κ2) is 5.35. The predicted molar refractivity (Wildman–Crippen MR) is 79.9 cm³/mol. The van der Waals surface area contributed by atoms with Crippen LogP contribution >= 0.6 is 11.6 Å². The minimum Gasteiger partial charge on any atom is -0.382 e. The monoisotopic (exact) mass is 340 g/mol. The summed E-state index contributed by atoms with van der Waals surface area (Å²) in [5, 5.41) is 0.306. The molecule has 4 rings (SSSR count). The third kappa shape index (κ3) is 2.41. The fourth-order valence-electron chi connectivity index (χ4n) is 3.19. The first kappa shape index (κ1) is 15.2. The highest BCUT2D eigenvalue weighted by molar-refractivity contribution is 6.33. The van der Waals surface area contributed by atoms with Crippen molar-refractivity contribution < 1.29 is 18.9 Å². The Morgan fingerprint density at radius 3 is 2.83 bits per heavy atom. The summed E-state index contributed by atoms with van der Waals surface area (Å²) >= 11 is 6.07. The number of aromatic nitrogens is 4. The quantitative estimate of drug-likeness (QED) is 0.784. The van der Waals surface area contributed by atoms with Crippen molar-refractivity contribution >= 4 is 22.8 Å². The number of imidazole rings is 1. The summed E-state index contributed by atoms with van der Waals surface area (Å²) in [7, 11) is 1.63. The van der Waals surface area contributed by atoms with Crippen LogP contribution in [0.25, 0.3) is 11.2 Å². The van der Waals surface area contributed by atoms with Crippen LogP contribution in [0.3, 0.4) is 0 Å². The topological polar surface area (TPSA) is 80.5 Å². The van der Waals surface area contributed by atoms with E-state index in [4.69, 9.17) is 30.5 Å². The van der Waals surface area contributed by atoms with Gasteiger partial charge in [-0.25, -0.2) is 15.0 Å². The van der Waals surface area contributed by atoms with E-state index in [1.807, 2.05) is 13.8 Å². The molecule has 2 fully saturated rings. The number of fused-ring (bicyclic) bond motifs is 2. The number of rotatable bonds is 3. The smallest absolute Gasteiger partial charge is 0.167 e. The minimum absolute atomic E-state index is 0.218. The number of methoxy groups -OCH3 is 1. The molecule has 0 aliphatic carbocycles. The van der Waals surface area contributed by atoms with Gasteiger partial charge in [0.1, 0.15) is 30.2 Å². The summed E-state index contributed by atoms with van der Waals surface area (Å²) in [6.07, 6.45) is 1.89. The fraction of sp³-hybridized carbons (Fsp3) is 0.643. The Balaban J connectivity index is 1.74. The molecule has 0 radical (unpaired) electrons. The minimum atomic E-state index is -0.674. The van der Waals surface area contributed by atoms with Gasteiger partial charge in [-0.15, -0.1) is 0 Å². The second-order valence-corrected chi connectivity index (χ2v) is 6.43. The maximum Gasteiger partial charge on any atom is 0.167 e. The SMILES string of the molecule is COCC1OC(n2cnc3c(Cl)ncnc32)[C@@H]2OC(C)(C)O[C@H]12. The van der Waals surface area contributed by atoms with Crippen LogP contribution in [0.1, 0.15) is 20.1 Å². The zero-order valence-corrected chi connectivity index (χ0v) is 13.7. The highest BCUT2D eigenvalue weighted by Crippen LogP contribution is 2.43. The summed E-state index contributed by atoms with van der Waals surface area (Å²) in [5.41, 5.74) is 1.13. The molecule has 0 bridgehead atoms. The van der Waals surface area contributed by atoms with E-state index in [1.54, 1.807) is 18.0 Å². The Hall–Kier alpha value is -1.32. The zero-order valence-electron chi connectivity index (χ0n) is 13.0. The molecular weight excluding hydrogens is 324 g/mol. The van der Waals surface area contributed by atoms with Crippen molar-refractivity contribution in [1.82, 2.24) is 19.5 Å². The maximum absolute atomic E-state index is 6.10. The van der Waals surface area contributed by atoms with Crippen LogP contribution in [0.5, 0.6) is 0 Å². The fourth-order valence-corrected chi connectivity index (χ4v) is 3.37. The molecule has 8 nitrogen and oxygen atoms in total. The molecule has 0 spiro atoms. The Labute approximate surface area is 137 Å². The van der Waals surface area contributed by atoms with Gasteiger partial charge in [0.25, 0.3) is 0 Å². The van der Waals surface area contributed by atoms with Crippen LogP contribution in [0.2, 0.25) is 5.15 Å². The van der Waals surface area contributed by atoms with Gasteiger partial charge in [-0.2, -0.15) is 0 Å². The van der Waals surface area contributed by atoms with Crippen LogP contribution in [0.15, 0.2) is 12.7 Å². The normalized spacial score (nSPS) is 32.5. The standard InChI is InChI=1S/C14H17ClN4O4/c1-14(2)22-9-7(4-20-3)21-13(10(9)23-14)19-6-18-8-11(15)16-5-17-12(8)19/h5-7,9-10,13H,4H2,1-3H3/t7?,9-,10-,13?/m1/s1. The first-order valence-electron chi connectivity index (χ1n) is 7.33. The lowest BCUT2D eigenvalue weighted by Gasteiger charge is -2.24. The third-order valence-corrected chi connectivity index (χ3v) is 4.32. The van der Waals surface area contributed by atoms with Gasteiger partial charge in [-0.1, -0.05) is 11.6 Å². The molecule has 2 unspecified atom stereocenters. The van der Waals surface area contributed by atoms with E-state index in [2.05, 4.69) is 15.0 Å². The van der Waals surface area contributed by atoms with Gasteiger partial charge in [-0.3, -0.25) is 4.57 Å². The molecule has 4 atom stereocenters. The molecule has 2 aliphatic rings. The average Bonchev–Trinajstić information content (AvgIpc) is 3.13. The van der Waals surface area contributed by atoms with E-state index in [0.29, 0.717) is 22.9 Å². The second-order valence-electron chi connectivity index (χ2n) is 6.07. The Morgan fingerprint density at radius 1 is 1.26 bits per heavy atom. The molecule has 9 heteroatoms. The largest absolute Gasteiger partial charge is 0.382 e. The summed E-state index contributed by atoms with van der Waals surface area (Å²) in [6, 6.07) is 0. The number of ether oxygens (including phenoxy) is 4. The van der Waals surface area contributed by atoms with Crippen molar-refractivity contribution in [3.05, 3.63) is 17.8 Å². The first-order valence-corrected chi connectivity index (χ1v) is 7.71. The van der Waals surface area contributed by atoms with Gasteiger partial charge >= 0.3 is 0 Å². The number of hydrogen-bond donors (Lipinski definition) is 0. The van der Waals surface area contributed by atoms with Crippen LogP contribution in [-0.2, 0) is 18.9 Å². The lowest BCUT2D eigenvalue weighted by Crippen LogP contribution is -2.32. The van der Waals surface area contributed by atoms with Gasteiger partial charge in [-0.05, 0) is 13.8 Å². The zero-order chi connectivity index (χ0) is 16.2. The van der Waals surface area contributed by atoms with Crippen molar-refractivity contribution in [2.45, 2.75) is 44.2 Å². The molecule has 0 N–H and O–H groups in total. The van der Waals surface area contributed by atoms with Gasteiger partial charge in [0.15, 0.2) is 22.8 Å². The number of nitrogens with zero attached hydrogens (tertiary/aromatic N) is 4. The molecule has 23 heavy (non-hydrogen) atoms.